The molecule has 0 fully saturated rings. The molecule has 0 radical (unpaired) electrons. The van der Waals surface area contributed by atoms with E-state index in [2.05, 4.69) is 10.1 Å². The highest BCUT2D eigenvalue weighted by Crippen LogP contribution is 2.18. The lowest BCUT2D eigenvalue weighted by atomic mass is 10.4. The maximum atomic E-state index is 12.9. The first-order chi connectivity index (χ1) is 7.58. The fourth-order valence-corrected chi connectivity index (χ4v) is 1.29. The number of hydrogen-bond donors (Lipinski definition) is 0. The molecule has 0 saturated heterocycles. The van der Waals surface area contributed by atoms with Crippen LogP contribution in [0.3, 0.4) is 0 Å². The quantitative estimate of drug-likeness (QED) is 0.571. The van der Waals surface area contributed by atoms with Gasteiger partial charge in [0.05, 0.1) is 23.0 Å². The Bertz CT molecular complexity index is 552. The highest BCUT2D eigenvalue weighted by atomic mass is 19.1. The molecule has 0 amide bonds. The molecule has 7 heteroatoms. The van der Waals surface area contributed by atoms with E-state index in [-0.39, 0.29) is 11.4 Å². The number of hydrogen-bond acceptors (Lipinski definition) is 4. The summed E-state index contributed by atoms with van der Waals surface area (Å²) in [6.45, 7) is 1.52. The summed E-state index contributed by atoms with van der Waals surface area (Å²) in [7, 11) is 0. The van der Waals surface area contributed by atoms with Gasteiger partial charge in [-0.05, 0) is 6.92 Å². The Balaban J connectivity index is 2.49. The first-order valence-corrected chi connectivity index (χ1v) is 4.39. The summed E-state index contributed by atoms with van der Waals surface area (Å²) < 4.78 is 14.1. The normalized spacial score (nSPS) is 10.4. The maximum Gasteiger partial charge on any atom is 0.310 e. The number of halogens is 1. The van der Waals surface area contributed by atoms with Crippen molar-refractivity contribution in [2.45, 2.75) is 6.92 Å². The van der Waals surface area contributed by atoms with Crippen LogP contribution < -0.4 is 0 Å². The summed E-state index contributed by atoms with van der Waals surface area (Å²) in [5.41, 5.74) is 0.509. The average Bonchev–Trinajstić information content (AvgIpc) is 2.60. The van der Waals surface area contributed by atoms with E-state index in [9.17, 15) is 14.5 Å². The summed E-state index contributed by atoms with van der Waals surface area (Å²) in [5.74, 6) is -0.520. The standard InChI is InChI=1S/C9H7FN4O2/c1-6-9(14(15)16)5-13(12-6)8-2-7(10)3-11-4-8/h2-5H,1H3. The van der Waals surface area contributed by atoms with Gasteiger partial charge in [0, 0.05) is 6.07 Å². The van der Waals surface area contributed by atoms with Crippen molar-refractivity contribution in [3.63, 3.8) is 0 Å². The molecule has 0 saturated carbocycles. The number of aryl methyl sites for hydroxylation is 1. The molecule has 0 aromatic carbocycles. The van der Waals surface area contributed by atoms with E-state index in [1.54, 1.807) is 0 Å². The molecule has 0 aliphatic carbocycles. The van der Waals surface area contributed by atoms with Gasteiger partial charge in [0.15, 0.2) is 0 Å². The largest absolute Gasteiger partial charge is 0.310 e. The average molecular weight is 222 g/mol. The van der Waals surface area contributed by atoms with E-state index in [0.717, 1.165) is 6.20 Å². The number of nitrogens with zero attached hydrogens (tertiary/aromatic N) is 4. The summed E-state index contributed by atoms with van der Waals surface area (Å²) in [6.07, 6.45) is 3.65. The van der Waals surface area contributed by atoms with Crippen LogP contribution in [0.15, 0.2) is 24.7 Å². The van der Waals surface area contributed by atoms with Crippen LogP contribution in [0.5, 0.6) is 0 Å². The molecule has 0 atom stereocenters. The molecule has 16 heavy (non-hydrogen) atoms. The minimum absolute atomic E-state index is 0.107. The molecule has 2 heterocycles. The molecule has 2 aromatic heterocycles. The van der Waals surface area contributed by atoms with Gasteiger partial charge in [0.25, 0.3) is 0 Å². The Morgan fingerprint density at radius 1 is 1.50 bits per heavy atom. The second-order valence-corrected chi connectivity index (χ2v) is 3.16. The Labute approximate surface area is 89.5 Å². The van der Waals surface area contributed by atoms with E-state index in [1.165, 1.54) is 30.1 Å². The Morgan fingerprint density at radius 2 is 2.25 bits per heavy atom. The lowest BCUT2D eigenvalue weighted by Gasteiger charge is -1.98. The molecule has 0 bridgehead atoms. The fourth-order valence-electron chi connectivity index (χ4n) is 1.29. The minimum atomic E-state index is -0.536. The van der Waals surface area contributed by atoms with E-state index in [4.69, 9.17) is 0 Å². The monoisotopic (exact) mass is 222 g/mol. The molecule has 0 unspecified atom stereocenters. The van der Waals surface area contributed by atoms with Gasteiger partial charge in [-0.1, -0.05) is 0 Å². The van der Waals surface area contributed by atoms with Crippen LogP contribution in [-0.4, -0.2) is 19.7 Å². The van der Waals surface area contributed by atoms with Crippen LogP contribution in [0.1, 0.15) is 5.69 Å². The van der Waals surface area contributed by atoms with Crippen LogP contribution >= 0.6 is 0 Å². The predicted octanol–water partition coefficient (Wildman–Crippen LogP) is 1.62. The highest BCUT2D eigenvalue weighted by Gasteiger charge is 2.16. The maximum absolute atomic E-state index is 12.9. The van der Waals surface area contributed by atoms with Gasteiger partial charge in [0.2, 0.25) is 0 Å². The van der Waals surface area contributed by atoms with Crippen molar-refractivity contribution in [2.75, 3.05) is 0 Å². The van der Waals surface area contributed by atoms with E-state index in [1.807, 2.05) is 0 Å². The molecular weight excluding hydrogens is 215 g/mol. The van der Waals surface area contributed by atoms with Gasteiger partial charge >= 0.3 is 5.69 Å². The van der Waals surface area contributed by atoms with Gasteiger partial charge in [-0.25, -0.2) is 9.07 Å². The molecule has 2 aromatic rings. The summed E-state index contributed by atoms with van der Waals surface area (Å²) in [4.78, 5) is 13.7. The molecule has 0 N–H and O–H groups in total. The summed E-state index contributed by atoms with van der Waals surface area (Å²) in [5, 5.41) is 14.5. The van der Waals surface area contributed by atoms with Crippen LogP contribution in [0.25, 0.3) is 5.69 Å². The Morgan fingerprint density at radius 3 is 2.81 bits per heavy atom. The van der Waals surface area contributed by atoms with Crippen LogP contribution in [0, 0.1) is 22.9 Å². The SMILES string of the molecule is Cc1nn(-c2cncc(F)c2)cc1[N+](=O)[O-]. The molecule has 2 rings (SSSR count). The predicted molar refractivity (Wildman–Crippen MR) is 52.7 cm³/mol. The van der Waals surface area contributed by atoms with Crippen molar-refractivity contribution in [1.82, 2.24) is 14.8 Å². The number of aromatic nitrogens is 3. The van der Waals surface area contributed by atoms with Gasteiger partial charge < -0.3 is 0 Å². The van der Waals surface area contributed by atoms with Crippen molar-refractivity contribution >= 4 is 5.69 Å². The van der Waals surface area contributed by atoms with Crippen molar-refractivity contribution < 1.29 is 9.31 Å². The molecular formula is C9H7FN4O2. The molecule has 6 nitrogen and oxygen atoms in total. The minimum Gasteiger partial charge on any atom is -0.259 e. The van der Waals surface area contributed by atoms with E-state index < -0.39 is 10.7 Å². The van der Waals surface area contributed by atoms with Crippen molar-refractivity contribution in [3.05, 3.63) is 46.3 Å². The second kappa shape index (κ2) is 3.69. The number of rotatable bonds is 2. The lowest BCUT2D eigenvalue weighted by Crippen LogP contribution is -1.96. The van der Waals surface area contributed by atoms with Gasteiger partial charge in [-0.2, -0.15) is 5.10 Å². The Kier molecular flexibility index (Phi) is 2.35. The number of pyridine rings is 1. The first-order valence-electron chi connectivity index (χ1n) is 4.39. The highest BCUT2D eigenvalue weighted by molar-refractivity contribution is 5.37. The third kappa shape index (κ3) is 1.74. The fraction of sp³-hybridized carbons (Fsp3) is 0.111. The molecule has 0 spiro atoms. The lowest BCUT2D eigenvalue weighted by molar-refractivity contribution is -0.385. The van der Waals surface area contributed by atoms with Gasteiger partial charge in [-0.15, -0.1) is 0 Å². The molecule has 82 valence electrons. The van der Waals surface area contributed by atoms with E-state index >= 15 is 0 Å². The molecule has 0 aliphatic heterocycles. The van der Waals surface area contributed by atoms with Crippen LogP contribution in [0.4, 0.5) is 10.1 Å². The van der Waals surface area contributed by atoms with E-state index in [0.29, 0.717) is 5.69 Å². The first kappa shape index (κ1) is 10.2. The van der Waals surface area contributed by atoms with Crippen LogP contribution in [0.2, 0.25) is 0 Å². The zero-order chi connectivity index (χ0) is 11.7. The second-order valence-electron chi connectivity index (χ2n) is 3.16. The Hall–Kier alpha value is -2.31. The topological polar surface area (TPSA) is 73.8 Å². The van der Waals surface area contributed by atoms with Gasteiger partial charge in [-0.3, -0.25) is 15.1 Å². The zero-order valence-electron chi connectivity index (χ0n) is 8.29. The van der Waals surface area contributed by atoms with Crippen LogP contribution in [-0.2, 0) is 0 Å². The van der Waals surface area contributed by atoms with Gasteiger partial charge in [0.1, 0.15) is 17.7 Å². The summed E-state index contributed by atoms with van der Waals surface area (Å²) in [6, 6.07) is 1.20. The zero-order valence-corrected chi connectivity index (χ0v) is 8.29. The third-order valence-corrected chi connectivity index (χ3v) is 2.02. The number of nitro groups is 1. The third-order valence-electron chi connectivity index (χ3n) is 2.02. The van der Waals surface area contributed by atoms with Crippen molar-refractivity contribution in [3.8, 4) is 5.69 Å². The molecule has 0 aliphatic rings. The van der Waals surface area contributed by atoms with Crippen molar-refractivity contribution in [2.24, 2.45) is 0 Å². The summed E-state index contributed by atoms with van der Waals surface area (Å²) >= 11 is 0. The van der Waals surface area contributed by atoms with Crippen molar-refractivity contribution in [1.29, 1.82) is 0 Å². The smallest absolute Gasteiger partial charge is 0.259 e.